The van der Waals surface area contributed by atoms with Crippen LogP contribution in [0.3, 0.4) is 0 Å². The molecule has 1 unspecified atom stereocenters. The van der Waals surface area contributed by atoms with Gasteiger partial charge in [0.15, 0.2) is 5.82 Å². The summed E-state index contributed by atoms with van der Waals surface area (Å²) in [4.78, 5) is 7.19. The fourth-order valence-electron chi connectivity index (χ4n) is 1.58. The van der Waals surface area contributed by atoms with Crippen molar-refractivity contribution in [2.24, 2.45) is 0 Å². The minimum Gasteiger partial charge on any atom is -0.464 e. The van der Waals surface area contributed by atoms with E-state index in [4.69, 9.17) is 10.2 Å². The second-order valence-electron chi connectivity index (χ2n) is 3.90. The number of nitrogens with zero attached hydrogens (tertiary/aromatic N) is 1. The summed E-state index contributed by atoms with van der Waals surface area (Å²) >= 11 is 0. The van der Waals surface area contributed by atoms with Gasteiger partial charge in [-0.1, -0.05) is 0 Å². The summed E-state index contributed by atoms with van der Waals surface area (Å²) in [7, 11) is 0. The van der Waals surface area contributed by atoms with Crippen molar-refractivity contribution in [2.45, 2.75) is 26.8 Å². The first-order valence-electron chi connectivity index (χ1n) is 5.21. The molecular formula is C11H16N4O. The molecule has 2 rings (SSSR count). The molecule has 1 atom stereocenters. The second-order valence-corrected chi connectivity index (χ2v) is 3.90. The van der Waals surface area contributed by atoms with Crippen LogP contribution in [0.15, 0.2) is 16.5 Å². The monoisotopic (exact) mass is 220 g/mol. The van der Waals surface area contributed by atoms with Crippen LogP contribution in [-0.2, 0) is 0 Å². The maximum atomic E-state index is 5.76. The maximum absolute atomic E-state index is 5.76. The van der Waals surface area contributed by atoms with Gasteiger partial charge in [0.1, 0.15) is 23.2 Å². The van der Waals surface area contributed by atoms with Gasteiger partial charge in [-0.3, -0.25) is 0 Å². The number of nitrogen functional groups attached to an aromatic ring is 1. The van der Waals surface area contributed by atoms with Gasteiger partial charge >= 0.3 is 0 Å². The number of furan rings is 1. The van der Waals surface area contributed by atoms with Gasteiger partial charge in [0.2, 0.25) is 0 Å². The van der Waals surface area contributed by atoms with Gasteiger partial charge in [-0.2, -0.15) is 0 Å². The van der Waals surface area contributed by atoms with E-state index in [0.29, 0.717) is 11.6 Å². The first kappa shape index (κ1) is 10.6. The van der Waals surface area contributed by atoms with E-state index < -0.39 is 0 Å². The van der Waals surface area contributed by atoms with Crippen molar-refractivity contribution < 1.29 is 4.42 Å². The Morgan fingerprint density at radius 1 is 1.44 bits per heavy atom. The Labute approximate surface area is 94.1 Å². The number of anilines is 2. The third kappa shape index (κ3) is 2.03. The number of hydrogen-bond donors (Lipinski definition) is 3. The number of H-pyrrole nitrogens is 1. The maximum Gasteiger partial charge on any atom is 0.169 e. The van der Waals surface area contributed by atoms with E-state index in [1.54, 1.807) is 0 Å². The van der Waals surface area contributed by atoms with Crippen LogP contribution in [0.1, 0.15) is 30.3 Å². The Bertz CT molecular complexity index is 486. The normalized spacial score (nSPS) is 12.7. The zero-order valence-electron chi connectivity index (χ0n) is 9.66. The van der Waals surface area contributed by atoms with E-state index in [-0.39, 0.29) is 6.04 Å². The van der Waals surface area contributed by atoms with Crippen LogP contribution >= 0.6 is 0 Å². The molecule has 0 aliphatic heterocycles. The summed E-state index contributed by atoms with van der Waals surface area (Å²) in [5, 5.41) is 3.20. The van der Waals surface area contributed by atoms with Gasteiger partial charge in [-0.05, 0) is 32.9 Å². The fraction of sp³-hybridized carbons (Fsp3) is 0.364. The van der Waals surface area contributed by atoms with Crippen molar-refractivity contribution in [3.8, 4) is 0 Å². The predicted octanol–water partition coefficient (Wildman–Crippen LogP) is 2.37. The highest BCUT2D eigenvalue weighted by molar-refractivity contribution is 5.57. The molecule has 0 radical (unpaired) electrons. The molecule has 2 aromatic rings. The topological polar surface area (TPSA) is 79.9 Å². The molecule has 0 fully saturated rings. The molecule has 4 N–H and O–H groups in total. The summed E-state index contributed by atoms with van der Waals surface area (Å²) < 4.78 is 5.52. The average molecular weight is 220 g/mol. The van der Waals surface area contributed by atoms with Crippen molar-refractivity contribution >= 4 is 11.6 Å². The molecule has 5 nitrogen and oxygen atoms in total. The van der Waals surface area contributed by atoms with Crippen molar-refractivity contribution in [2.75, 3.05) is 11.1 Å². The van der Waals surface area contributed by atoms with Gasteiger partial charge in [0.25, 0.3) is 0 Å². The Morgan fingerprint density at radius 3 is 2.69 bits per heavy atom. The van der Waals surface area contributed by atoms with Crippen molar-refractivity contribution in [1.82, 2.24) is 9.97 Å². The lowest BCUT2D eigenvalue weighted by Crippen LogP contribution is -2.07. The number of hydrogen-bond acceptors (Lipinski definition) is 4. The molecule has 16 heavy (non-hydrogen) atoms. The van der Waals surface area contributed by atoms with Crippen molar-refractivity contribution in [1.29, 1.82) is 0 Å². The Morgan fingerprint density at radius 2 is 2.19 bits per heavy atom. The van der Waals surface area contributed by atoms with Crippen LogP contribution in [0.25, 0.3) is 0 Å². The van der Waals surface area contributed by atoms with Crippen LogP contribution in [0, 0.1) is 13.8 Å². The summed E-state index contributed by atoms with van der Waals surface area (Å²) in [6, 6.07) is 3.92. The van der Waals surface area contributed by atoms with E-state index in [1.807, 2.05) is 32.9 Å². The number of imidazole rings is 1. The molecule has 0 aliphatic carbocycles. The quantitative estimate of drug-likeness (QED) is 0.741. The number of aromatic nitrogens is 2. The average Bonchev–Trinajstić information content (AvgIpc) is 2.74. The lowest BCUT2D eigenvalue weighted by Gasteiger charge is -2.10. The first-order valence-corrected chi connectivity index (χ1v) is 5.21. The molecule has 0 spiro atoms. The smallest absolute Gasteiger partial charge is 0.169 e. The largest absolute Gasteiger partial charge is 0.464 e. The van der Waals surface area contributed by atoms with Crippen LogP contribution < -0.4 is 11.1 Å². The standard InChI is InChI=1S/C11H16N4O/c1-6-4-5-9(16-6)7(2)13-11-10(12)14-8(3)15-11/h4-5,7,13H,12H2,1-3H3,(H,14,15). The molecule has 0 bridgehead atoms. The third-order valence-electron chi connectivity index (χ3n) is 2.39. The zero-order valence-corrected chi connectivity index (χ0v) is 9.66. The van der Waals surface area contributed by atoms with E-state index in [0.717, 1.165) is 17.3 Å². The van der Waals surface area contributed by atoms with Gasteiger partial charge in [-0.15, -0.1) is 0 Å². The highest BCUT2D eigenvalue weighted by Crippen LogP contribution is 2.23. The highest BCUT2D eigenvalue weighted by Gasteiger charge is 2.12. The van der Waals surface area contributed by atoms with Gasteiger partial charge in [-0.25, -0.2) is 4.98 Å². The minimum atomic E-state index is 0.0405. The summed E-state index contributed by atoms with van der Waals surface area (Å²) in [6.45, 7) is 5.79. The Kier molecular flexibility index (Phi) is 2.60. The van der Waals surface area contributed by atoms with E-state index >= 15 is 0 Å². The minimum absolute atomic E-state index is 0.0405. The SMILES string of the molecule is Cc1nc(NC(C)c2ccc(C)o2)c(N)[nH]1. The van der Waals surface area contributed by atoms with Gasteiger partial charge in [0.05, 0.1) is 6.04 Å². The van der Waals surface area contributed by atoms with Crippen LogP contribution in [0.2, 0.25) is 0 Å². The van der Waals surface area contributed by atoms with Gasteiger partial charge in [0, 0.05) is 0 Å². The molecule has 2 aromatic heterocycles. The van der Waals surface area contributed by atoms with E-state index in [2.05, 4.69) is 15.3 Å². The Hall–Kier alpha value is -1.91. The predicted molar refractivity (Wildman–Crippen MR) is 63.2 cm³/mol. The summed E-state index contributed by atoms with van der Waals surface area (Å²) in [5.74, 6) is 3.78. The number of nitrogens with one attached hydrogen (secondary N) is 2. The van der Waals surface area contributed by atoms with Crippen molar-refractivity contribution in [3.63, 3.8) is 0 Å². The molecular weight excluding hydrogens is 204 g/mol. The highest BCUT2D eigenvalue weighted by atomic mass is 16.3. The molecule has 0 amide bonds. The molecule has 0 saturated heterocycles. The zero-order chi connectivity index (χ0) is 11.7. The van der Waals surface area contributed by atoms with E-state index in [9.17, 15) is 0 Å². The Balaban J connectivity index is 2.13. The van der Waals surface area contributed by atoms with E-state index in [1.165, 1.54) is 0 Å². The molecule has 5 heteroatoms. The summed E-state index contributed by atoms with van der Waals surface area (Å²) in [6.07, 6.45) is 0. The van der Waals surface area contributed by atoms with Crippen LogP contribution in [-0.4, -0.2) is 9.97 Å². The molecule has 0 saturated carbocycles. The number of nitrogens with two attached hydrogens (primary N) is 1. The third-order valence-corrected chi connectivity index (χ3v) is 2.39. The first-order chi connectivity index (χ1) is 7.56. The number of aryl methyl sites for hydroxylation is 2. The van der Waals surface area contributed by atoms with Gasteiger partial charge < -0.3 is 20.5 Å². The summed E-state index contributed by atoms with van der Waals surface area (Å²) in [5.41, 5.74) is 5.76. The lowest BCUT2D eigenvalue weighted by molar-refractivity contribution is 0.466. The lowest BCUT2D eigenvalue weighted by atomic mass is 10.2. The fourth-order valence-corrected chi connectivity index (χ4v) is 1.58. The number of rotatable bonds is 3. The molecule has 0 aromatic carbocycles. The van der Waals surface area contributed by atoms with Crippen LogP contribution in [0.4, 0.5) is 11.6 Å². The second kappa shape index (κ2) is 3.92. The van der Waals surface area contributed by atoms with Crippen molar-refractivity contribution in [3.05, 3.63) is 29.5 Å². The van der Waals surface area contributed by atoms with Crippen LogP contribution in [0.5, 0.6) is 0 Å². The molecule has 2 heterocycles. The molecule has 0 aliphatic rings. The number of aromatic amines is 1. The molecule has 86 valence electrons.